The number of aliphatic carboxylic acids is 1. The van der Waals surface area contributed by atoms with Crippen LogP contribution in [0.3, 0.4) is 0 Å². The molecule has 0 aliphatic carbocycles. The molecule has 0 heterocycles. The Morgan fingerprint density at radius 2 is 1.76 bits per heavy atom. The molecule has 0 aromatic heterocycles. The first-order chi connectivity index (χ1) is 12.1. The lowest BCUT2D eigenvalue weighted by Gasteiger charge is -2.12. The summed E-state index contributed by atoms with van der Waals surface area (Å²) < 4.78 is 0. The first-order valence-corrected chi connectivity index (χ1v) is 8.98. The van der Waals surface area contributed by atoms with Crippen LogP contribution >= 0.6 is 12.6 Å². The van der Waals surface area contributed by atoms with Gasteiger partial charge in [-0.15, -0.1) is 0 Å². The summed E-state index contributed by atoms with van der Waals surface area (Å²) in [7, 11) is 0. The fourth-order valence-electron chi connectivity index (χ4n) is 2.65. The molecule has 0 spiro atoms. The van der Waals surface area contributed by atoms with E-state index in [1.807, 2.05) is 36.4 Å². The van der Waals surface area contributed by atoms with Crippen molar-refractivity contribution < 1.29 is 14.7 Å². The van der Waals surface area contributed by atoms with Crippen molar-refractivity contribution in [1.82, 2.24) is 5.32 Å². The van der Waals surface area contributed by atoms with Gasteiger partial charge in [-0.25, -0.2) is 0 Å². The Balaban J connectivity index is 1.99. The normalized spacial score (nSPS) is 11.7. The molecule has 0 bridgehead atoms. The third-order valence-corrected chi connectivity index (χ3v) is 4.34. The van der Waals surface area contributed by atoms with Crippen LogP contribution in [0.2, 0.25) is 0 Å². The predicted octanol–water partition coefficient (Wildman–Crippen LogP) is 3.57. The van der Waals surface area contributed by atoms with Crippen molar-refractivity contribution in [3.63, 3.8) is 0 Å². The summed E-state index contributed by atoms with van der Waals surface area (Å²) in [5.74, 6) is -0.741. The number of nitrogens with one attached hydrogen (secondary N) is 1. The minimum Gasteiger partial charge on any atom is -0.481 e. The number of carboxylic acid groups (broad SMARTS) is 1. The second kappa shape index (κ2) is 9.89. The third-order valence-electron chi connectivity index (χ3n) is 4.03. The SMILES string of the molecule is O=C(NCc1ccccc1)c1cccc(CC(CCCS)C(=O)O)c1. The molecule has 1 unspecified atom stereocenters. The molecule has 4 nitrogen and oxygen atoms in total. The second-order valence-electron chi connectivity index (χ2n) is 5.97. The van der Waals surface area contributed by atoms with Crippen LogP contribution < -0.4 is 5.32 Å². The van der Waals surface area contributed by atoms with Gasteiger partial charge in [0.1, 0.15) is 0 Å². The number of amides is 1. The maximum absolute atomic E-state index is 12.3. The standard InChI is InChI=1S/C20H23NO3S/c22-19(21-14-15-6-2-1-3-7-15)17-9-4-8-16(12-17)13-18(20(23)24)10-5-11-25/h1-4,6-9,12,18,25H,5,10-11,13-14H2,(H,21,22)(H,23,24). The van der Waals surface area contributed by atoms with Crippen molar-refractivity contribution in [2.24, 2.45) is 5.92 Å². The summed E-state index contributed by atoms with van der Waals surface area (Å²) in [6.07, 6.45) is 1.77. The molecular formula is C20H23NO3S. The van der Waals surface area contributed by atoms with Crippen LogP contribution in [0, 0.1) is 5.92 Å². The topological polar surface area (TPSA) is 66.4 Å². The Hall–Kier alpha value is -2.27. The van der Waals surface area contributed by atoms with Crippen LogP contribution in [-0.2, 0) is 17.8 Å². The van der Waals surface area contributed by atoms with E-state index in [0.717, 1.165) is 17.5 Å². The minimum absolute atomic E-state index is 0.159. The molecule has 2 rings (SSSR count). The first-order valence-electron chi connectivity index (χ1n) is 8.35. The van der Waals surface area contributed by atoms with Crippen molar-refractivity contribution in [2.45, 2.75) is 25.8 Å². The minimum atomic E-state index is -0.805. The highest BCUT2D eigenvalue weighted by Gasteiger charge is 2.18. The summed E-state index contributed by atoms with van der Waals surface area (Å²) in [4.78, 5) is 23.7. The zero-order valence-electron chi connectivity index (χ0n) is 14.0. The van der Waals surface area contributed by atoms with E-state index in [1.54, 1.807) is 18.2 Å². The molecule has 0 aliphatic rings. The summed E-state index contributed by atoms with van der Waals surface area (Å²) >= 11 is 4.14. The number of benzene rings is 2. The van der Waals surface area contributed by atoms with E-state index in [1.165, 1.54) is 0 Å². The summed E-state index contributed by atoms with van der Waals surface area (Å²) in [5.41, 5.74) is 2.44. The van der Waals surface area contributed by atoms with E-state index < -0.39 is 11.9 Å². The van der Waals surface area contributed by atoms with Gasteiger partial charge in [0.15, 0.2) is 0 Å². The van der Waals surface area contributed by atoms with Crippen LogP contribution in [0.5, 0.6) is 0 Å². The lowest BCUT2D eigenvalue weighted by atomic mass is 9.94. The molecule has 2 aromatic rings. The van der Waals surface area contributed by atoms with Gasteiger partial charge in [-0.3, -0.25) is 9.59 Å². The fraction of sp³-hybridized carbons (Fsp3) is 0.300. The molecule has 132 valence electrons. The van der Waals surface area contributed by atoms with Gasteiger partial charge in [-0.05, 0) is 48.3 Å². The van der Waals surface area contributed by atoms with Gasteiger partial charge >= 0.3 is 5.97 Å². The Morgan fingerprint density at radius 3 is 2.44 bits per heavy atom. The fourth-order valence-corrected chi connectivity index (χ4v) is 2.84. The maximum Gasteiger partial charge on any atom is 0.306 e. The van der Waals surface area contributed by atoms with Gasteiger partial charge < -0.3 is 10.4 Å². The highest BCUT2D eigenvalue weighted by atomic mass is 32.1. The first kappa shape index (κ1) is 19.1. The Kier molecular flexibility index (Phi) is 7.54. The summed E-state index contributed by atoms with van der Waals surface area (Å²) in [6, 6.07) is 16.9. The van der Waals surface area contributed by atoms with Gasteiger partial charge in [-0.2, -0.15) is 12.6 Å². The molecule has 5 heteroatoms. The number of carbonyl (C=O) groups excluding carboxylic acids is 1. The number of carbonyl (C=O) groups is 2. The van der Waals surface area contributed by atoms with Crippen molar-refractivity contribution >= 4 is 24.5 Å². The quantitative estimate of drug-likeness (QED) is 0.601. The molecule has 0 radical (unpaired) electrons. The van der Waals surface area contributed by atoms with Crippen molar-refractivity contribution in [3.8, 4) is 0 Å². The molecule has 0 aliphatic heterocycles. The number of thiol groups is 1. The molecule has 0 saturated carbocycles. The van der Waals surface area contributed by atoms with E-state index in [9.17, 15) is 14.7 Å². The van der Waals surface area contributed by atoms with Crippen LogP contribution in [-0.4, -0.2) is 22.7 Å². The average molecular weight is 357 g/mol. The van der Waals surface area contributed by atoms with Gasteiger partial charge in [-0.1, -0.05) is 42.5 Å². The molecule has 1 atom stereocenters. The van der Waals surface area contributed by atoms with Gasteiger partial charge in [0, 0.05) is 12.1 Å². The zero-order valence-corrected chi connectivity index (χ0v) is 14.9. The smallest absolute Gasteiger partial charge is 0.306 e. The molecular weight excluding hydrogens is 334 g/mol. The summed E-state index contributed by atoms with van der Waals surface area (Å²) in [6.45, 7) is 0.462. The van der Waals surface area contributed by atoms with Crippen molar-refractivity contribution in [2.75, 3.05) is 5.75 Å². The van der Waals surface area contributed by atoms with Gasteiger partial charge in [0.25, 0.3) is 5.91 Å². The lowest BCUT2D eigenvalue weighted by Crippen LogP contribution is -2.23. The van der Waals surface area contributed by atoms with Gasteiger partial charge in [0.2, 0.25) is 0 Å². The zero-order chi connectivity index (χ0) is 18.1. The number of rotatable bonds is 9. The maximum atomic E-state index is 12.3. The van der Waals surface area contributed by atoms with Crippen molar-refractivity contribution in [1.29, 1.82) is 0 Å². The number of hydrogen-bond donors (Lipinski definition) is 3. The van der Waals surface area contributed by atoms with Crippen LogP contribution in [0.25, 0.3) is 0 Å². The predicted molar refractivity (Wildman–Crippen MR) is 102 cm³/mol. The third kappa shape index (κ3) is 6.27. The van der Waals surface area contributed by atoms with E-state index in [-0.39, 0.29) is 5.91 Å². The monoisotopic (exact) mass is 357 g/mol. The Morgan fingerprint density at radius 1 is 1.04 bits per heavy atom. The molecule has 2 N–H and O–H groups in total. The van der Waals surface area contributed by atoms with Gasteiger partial charge in [0.05, 0.1) is 5.92 Å². The van der Waals surface area contributed by atoms with E-state index in [2.05, 4.69) is 17.9 Å². The van der Waals surface area contributed by atoms with Crippen LogP contribution in [0.1, 0.15) is 34.3 Å². The molecule has 1 amide bonds. The molecule has 0 saturated heterocycles. The second-order valence-corrected chi connectivity index (χ2v) is 6.42. The molecule has 0 fully saturated rings. The lowest BCUT2D eigenvalue weighted by molar-refractivity contribution is -0.141. The van der Waals surface area contributed by atoms with Crippen LogP contribution in [0.4, 0.5) is 0 Å². The Labute approximate surface area is 153 Å². The highest BCUT2D eigenvalue weighted by Crippen LogP contribution is 2.16. The molecule has 2 aromatic carbocycles. The molecule has 25 heavy (non-hydrogen) atoms. The largest absolute Gasteiger partial charge is 0.481 e. The number of carboxylic acids is 1. The average Bonchev–Trinajstić information content (AvgIpc) is 2.64. The van der Waals surface area contributed by atoms with E-state index >= 15 is 0 Å². The van der Waals surface area contributed by atoms with Crippen LogP contribution in [0.15, 0.2) is 54.6 Å². The van der Waals surface area contributed by atoms with Crippen molar-refractivity contribution in [3.05, 3.63) is 71.3 Å². The van der Waals surface area contributed by atoms with E-state index in [0.29, 0.717) is 30.7 Å². The van der Waals surface area contributed by atoms with E-state index in [4.69, 9.17) is 0 Å². The summed E-state index contributed by atoms with van der Waals surface area (Å²) in [5, 5.41) is 12.2. The Bertz CT molecular complexity index is 703. The highest BCUT2D eigenvalue weighted by molar-refractivity contribution is 7.80. The number of hydrogen-bond acceptors (Lipinski definition) is 3.